The normalized spacial score (nSPS) is 15.4. The molecule has 26 heavy (non-hydrogen) atoms. The number of aromatic nitrogens is 1. The van der Waals surface area contributed by atoms with E-state index in [1.165, 1.54) is 11.0 Å². The maximum atomic E-state index is 13.9. The highest BCUT2D eigenvalue weighted by Gasteiger charge is 2.25. The molecule has 0 N–H and O–H groups in total. The molecule has 1 aliphatic rings. The number of hydrogen-bond acceptors (Lipinski definition) is 2. The predicted octanol–water partition coefficient (Wildman–Crippen LogP) is 3.53. The Labute approximate surface area is 150 Å². The second-order valence-electron chi connectivity index (χ2n) is 6.90. The van der Waals surface area contributed by atoms with Crippen molar-refractivity contribution < 1.29 is 9.18 Å². The summed E-state index contributed by atoms with van der Waals surface area (Å²) in [4.78, 5) is 27.2. The van der Waals surface area contributed by atoms with Gasteiger partial charge in [-0.3, -0.25) is 9.59 Å². The molecular weight excluding hydrogens is 331 g/mol. The van der Waals surface area contributed by atoms with E-state index in [-0.39, 0.29) is 29.4 Å². The summed E-state index contributed by atoms with van der Waals surface area (Å²) in [5.74, 6) is -0.757. The summed E-state index contributed by atoms with van der Waals surface area (Å²) < 4.78 is 15.9. The van der Waals surface area contributed by atoms with E-state index in [1.54, 1.807) is 37.5 Å². The van der Waals surface area contributed by atoms with E-state index in [0.29, 0.717) is 10.9 Å². The van der Waals surface area contributed by atoms with Crippen LogP contribution in [0.25, 0.3) is 10.9 Å². The number of pyridine rings is 1. The quantitative estimate of drug-likeness (QED) is 0.725. The minimum Gasteiger partial charge on any atom is -0.343 e. The highest BCUT2D eigenvalue weighted by molar-refractivity contribution is 5.98. The number of benzene rings is 2. The highest BCUT2D eigenvalue weighted by atomic mass is 19.1. The third-order valence-corrected chi connectivity index (χ3v) is 5.07. The van der Waals surface area contributed by atoms with Gasteiger partial charge in [-0.05, 0) is 31.0 Å². The van der Waals surface area contributed by atoms with E-state index in [9.17, 15) is 14.0 Å². The average molecular weight is 350 g/mol. The van der Waals surface area contributed by atoms with Crippen LogP contribution in [0.4, 0.5) is 4.39 Å². The zero-order valence-electron chi connectivity index (χ0n) is 14.7. The Morgan fingerprint density at radius 3 is 2.77 bits per heavy atom. The summed E-state index contributed by atoms with van der Waals surface area (Å²) in [6.07, 6.45) is 2.51. The summed E-state index contributed by atoms with van der Waals surface area (Å²) in [6.45, 7) is 2.18. The molecule has 4 rings (SSSR count). The molecule has 2 heterocycles. The van der Waals surface area contributed by atoms with Gasteiger partial charge in [0.15, 0.2) is 0 Å². The number of carbonyl (C=O) groups is 1. The van der Waals surface area contributed by atoms with E-state index in [4.69, 9.17) is 0 Å². The Hall–Kier alpha value is -2.95. The van der Waals surface area contributed by atoms with Gasteiger partial charge in [0.05, 0.1) is 5.52 Å². The van der Waals surface area contributed by atoms with Gasteiger partial charge >= 0.3 is 0 Å². The lowest BCUT2D eigenvalue weighted by Crippen LogP contribution is -2.31. The van der Waals surface area contributed by atoms with Gasteiger partial charge in [-0.1, -0.05) is 30.3 Å². The van der Waals surface area contributed by atoms with Crippen molar-refractivity contribution in [1.29, 1.82) is 0 Å². The molecule has 0 saturated carbocycles. The molecule has 0 spiro atoms. The first-order valence-electron chi connectivity index (χ1n) is 8.63. The standard InChI is InChI=1S/C21H19FN2O2/c1-13-10-14-7-5-8-16-19(14)24(13)12-17(20(16)25)21(26)23(2)11-15-6-3-4-9-18(15)22/h3-9,12-13H,10-11H2,1-2H3/t13-/m1/s1. The molecule has 3 aromatic rings. The van der Waals surface area contributed by atoms with Gasteiger partial charge in [-0.2, -0.15) is 0 Å². The third kappa shape index (κ3) is 2.51. The molecule has 0 radical (unpaired) electrons. The van der Waals surface area contributed by atoms with E-state index in [2.05, 4.69) is 6.92 Å². The number of para-hydroxylation sites is 1. The molecule has 4 nitrogen and oxygen atoms in total. The first kappa shape index (κ1) is 16.5. The van der Waals surface area contributed by atoms with E-state index in [1.807, 2.05) is 16.7 Å². The van der Waals surface area contributed by atoms with Crippen molar-refractivity contribution in [3.05, 3.63) is 81.4 Å². The van der Waals surface area contributed by atoms with Crippen molar-refractivity contribution in [2.75, 3.05) is 7.05 Å². The minimum atomic E-state index is -0.395. The van der Waals surface area contributed by atoms with Crippen molar-refractivity contribution in [2.45, 2.75) is 25.9 Å². The van der Waals surface area contributed by atoms with Crippen LogP contribution in [-0.2, 0) is 13.0 Å². The van der Waals surface area contributed by atoms with Crippen LogP contribution in [0.15, 0.2) is 53.5 Å². The van der Waals surface area contributed by atoms with Crippen LogP contribution >= 0.6 is 0 Å². The molecule has 2 aromatic carbocycles. The van der Waals surface area contributed by atoms with Crippen LogP contribution in [0, 0.1) is 5.82 Å². The second-order valence-corrected chi connectivity index (χ2v) is 6.90. The second kappa shape index (κ2) is 6.09. The maximum absolute atomic E-state index is 13.9. The van der Waals surface area contributed by atoms with Gasteiger partial charge < -0.3 is 9.47 Å². The molecule has 1 aliphatic heterocycles. The van der Waals surface area contributed by atoms with Gasteiger partial charge in [0.25, 0.3) is 5.91 Å². The van der Waals surface area contributed by atoms with Crippen molar-refractivity contribution in [3.63, 3.8) is 0 Å². The zero-order valence-corrected chi connectivity index (χ0v) is 14.7. The third-order valence-electron chi connectivity index (χ3n) is 5.07. The number of carbonyl (C=O) groups excluding carboxylic acids is 1. The van der Waals surface area contributed by atoms with E-state index < -0.39 is 5.91 Å². The number of hydrogen-bond donors (Lipinski definition) is 0. The molecule has 1 aromatic heterocycles. The van der Waals surface area contributed by atoms with E-state index in [0.717, 1.165) is 17.5 Å². The number of nitrogens with zero attached hydrogens (tertiary/aromatic N) is 2. The van der Waals surface area contributed by atoms with Crippen LogP contribution in [0.5, 0.6) is 0 Å². The molecule has 1 atom stereocenters. The van der Waals surface area contributed by atoms with Gasteiger partial charge in [-0.25, -0.2) is 4.39 Å². The molecule has 132 valence electrons. The Morgan fingerprint density at radius 1 is 1.23 bits per heavy atom. The average Bonchev–Trinajstić information content (AvgIpc) is 2.95. The Kier molecular flexibility index (Phi) is 3.87. The number of halogens is 1. The summed E-state index contributed by atoms with van der Waals surface area (Å²) in [5, 5.41) is 0.567. The van der Waals surface area contributed by atoms with Crippen molar-refractivity contribution in [1.82, 2.24) is 9.47 Å². The van der Waals surface area contributed by atoms with Gasteiger partial charge in [0.2, 0.25) is 5.43 Å². The highest BCUT2D eigenvalue weighted by Crippen LogP contribution is 2.31. The number of rotatable bonds is 3. The lowest BCUT2D eigenvalue weighted by atomic mass is 10.1. The molecule has 1 amide bonds. The number of amides is 1. The molecule has 0 unspecified atom stereocenters. The molecular formula is C21H19FN2O2. The van der Waals surface area contributed by atoms with Crippen LogP contribution in [0.1, 0.15) is 34.5 Å². The summed E-state index contributed by atoms with van der Waals surface area (Å²) in [7, 11) is 1.59. The Morgan fingerprint density at radius 2 is 2.00 bits per heavy atom. The molecule has 0 saturated heterocycles. The fourth-order valence-electron chi connectivity index (χ4n) is 3.73. The summed E-state index contributed by atoms with van der Waals surface area (Å²) in [5.41, 5.74) is 2.33. The first-order valence-corrected chi connectivity index (χ1v) is 8.63. The maximum Gasteiger partial charge on any atom is 0.259 e. The first-order chi connectivity index (χ1) is 12.5. The van der Waals surface area contributed by atoms with E-state index >= 15 is 0 Å². The molecule has 0 bridgehead atoms. The Balaban J connectivity index is 1.76. The fraction of sp³-hybridized carbons (Fsp3) is 0.238. The van der Waals surface area contributed by atoms with Gasteiger partial charge in [-0.15, -0.1) is 0 Å². The van der Waals surface area contributed by atoms with Gasteiger partial charge in [0.1, 0.15) is 11.4 Å². The molecule has 0 fully saturated rings. The van der Waals surface area contributed by atoms with Crippen LogP contribution in [-0.4, -0.2) is 22.4 Å². The summed E-state index contributed by atoms with van der Waals surface area (Å²) >= 11 is 0. The summed E-state index contributed by atoms with van der Waals surface area (Å²) in [6, 6.07) is 12.2. The van der Waals surface area contributed by atoms with Crippen LogP contribution in [0.2, 0.25) is 0 Å². The monoisotopic (exact) mass is 350 g/mol. The topological polar surface area (TPSA) is 42.3 Å². The zero-order chi connectivity index (χ0) is 18.4. The SMILES string of the molecule is C[C@@H]1Cc2cccc3c(=O)c(C(=O)N(C)Cc4ccccc4F)cn1c23. The Bertz CT molecular complexity index is 1090. The van der Waals surface area contributed by atoms with Crippen molar-refractivity contribution >= 4 is 16.8 Å². The van der Waals surface area contributed by atoms with Crippen molar-refractivity contribution in [2.24, 2.45) is 0 Å². The largest absolute Gasteiger partial charge is 0.343 e. The predicted molar refractivity (Wildman–Crippen MR) is 98.8 cm³/mol. The minimum absolute atomic E-state index is 0.110. The molecule has 5 heteroatoms. The molecule has 0 aliphatic carbocycles. The lowest BCUT2D eigenvalue weighted by molar-refractivity contribution is 0.0782. The fourth-order valence-corrected chi connectivity index (χ4v) is 3.73. The van der Waals surface area contributed by atoms with Crippen molar-refractivity contribution in [3.8, 4) is 0 Å². The van der Waals surface area contributed by atoms with Gasteiger partial charge in [0, 0.05) is 36.8 Å². The smallest absolute Gasteiger partial charge is 0.259 e. The lowest BCUT2D eigenvalue weighted by Gasteiger charge is -2.19. The van der Waals surface area contributed by atoms with Crippen LogP contribution < -0.4 is 5.43 Å². The van der Waals surface area contributed by atoms with Crippen LogP contribution in [0.3, 0.4) is 0 Å².